The number of nitrogens with zero attached hydrogens (tertiary/aromatic N) is 3. The lowest BCUT2D eigenvalue weighted by atomic mass is 9.89. The summed E-state index contributed by atoms with van der Waals surface area (Å²) in [7, 11) is 1.88. The third kappa shape index (κ3) is 3.12. The summed E-state index contributed by atoms with van der Waals surface area (Å²) in [5, 5.41) is 3.05. The molecule has 1 N–H and O–H groups in total. The van der Waals surface area contributed by atoms with Gasteiger partial charge in [-0.3, -0.25) is 4.98 Å². The highest BCUT2D eigenvalue weighted by atomic mass is 15.2. The predicted molar refractivity (Wildman–Crippen MR) is 76.0 cm³/mol. The Morgan fingerprint density at radius 1 is 1.28 bits per heavy atom. The van der Waals surface area contributed by atoms with E-state index in [1.54, 1.807) is 6.20 Å². The third-order valence-corrected chi connectivity index (χ3v) is 3.92. The van der Waals surface area contributed by atoms with Crippen LogP contribution in [0.3, 0.4) is 0 Å². The lowest BCUT2D eigenvalue weighted by Crippen LogP contribution is -2.25. The number of rotatable bonds is 3. The van der Waals surface area contributed by atoms with Gasteiger partial charge < -0.3 is 10.2 Å². The summed E-state index contributed by atoms with van der Waals surface area (Å²) in [6.45, 7) is 6.87. The van der Waals surface area contributed by atoms with Gasteiger partial charge in [-0.25, -0.2) is 4.98 Å². The number of anilines is 2. The molecule has 1 unspecified atom stereocenters. The first-order valence-corrected chi connectivity index (χ1v) is 6.95. The van der Waals surface area contributed by atoms with E-state index >= 15 is 0 Å². The molecule has 100 valence electrons. The molecule has 0 spiro atoms. The predicted octanol–water partition coefficient (Wildman–Crippen LogP) is 2.78. The van der Waals surface area contributed by atoms with Crippen LogP contribution in [0.25, 0.3) is 0 Å². The van der Waals surface area contributed by atoms with Crippen molar-refractivity contribution in [1.82, 2.24) is 9.97 Å². The van der Waals surface area contributed by atoms with Crippen molar-refractivity contribution in [3.05, 3.63) is 12.4 Å². The third-order valence-electron chi connectivity index (χ3n) is 3.92. The second kappa shape index (κ2) is 6.03. The van der Waals surface area contributed by atoms with E-state index in [9.17, 15) is 0 Å². The molecule has 0 amide bonds. The molecule has 1 saturated heterocycles. The fourth-order valence-corrected chi connectivity index (χ4v) is 2.65. The summed E-state index contributed by atoms with van der Waals surface area (Å²) in [4.78, 5) is 11.2. The van der Waals surface area contributed by atoms with Crippen molar-refractivity contribution in [2.24, 2.45) is 11.8 Å². The minimum atomic E-state index is 0.791. The van der Waals surface area contributed by atoms with Crippen molar-refractivity contribution in [1.29, 1.82) is 0 Å². The van der Waals surface area contributed by atoms with E-state index in [0.717, 1.165) is 36.6 Å². The van der Waals surface area contributed by atoms with Crippen LogP contribution >= 0.6 is 0 Å². The Labute approximate surface area is 110 Å². The van der Waals surface area contributed by atoms with Crippen LogP contribution in [-0.2, 0) is 0 Å². The van der Waals surface area contributed by atoms with Gasteiger partial charge in [0.1, 0.15) is 11.6 Å². The number of hydrogen-bond donors (Lipinski definition) is 1. The summed E-state index contributed by atoms with van der Waals surface area (Å²) in [6.07, 6.45) is 7.50. The van der Waals surface area contributed by atoms with Gasteiger partial charge in [0.15, 0.2) is 0 Å². The first kappa shape index (κ1) is 13.1. The highest BCUT2D eigenvalue weighted by Crippen LogP contribution is 2.26. The number of nitrogens with one attached hydrogen (secondary N) is 1. The summed E-state index contributed by atoms with van der Waals surface area (Å²) < 4.78 is 0. The van der Waals surface area contributed by atoms with E-state index in [4.69, 9.17) is 0 Å². The molecule has 4 heteroatoms. The van der Waals surface area contributed by atoms with Gasteiger partial charge in [-0.2, -0.15) is 0 Å². The van der Waals surface area contributed by atoms with E-state index in [1.807, 2.05) is 13.2 Å². The van der Waals surface area contributed by atoms with Crippen LogP contribution in [-0.4, -0.2) is 30.1 Å². The van der Waals surface area contributed by atoms with Crippen molar-refractivity contribution in [3.63, 3.8) is 0 Å². The van der Waals surface area contributed by atoms with Gasteiger partial charge in [0, 0.05) is 20.1 Å². The van der Waals surface area contributed by atoms with E-state index in [0.29, 0.717) is 0 Å². The highest BCUT2D eigenvalue weighted by Gasteiger charge is 2.20. The van der Waals surface area contributed by atoms with Crippen molar-refractivity contribution in [2.45, 2.75) is 33.1 Å². The summed E-state index contributed by atoms with van der Waals surface area (Å²) in [5.41, 5.74) is 0. The molecule has 0 aliphatic carbocycles. The maximum absolute atomic E-state index is 4.58. The fraction of sp³-hybridized carbons (Fsp3) is 0.714. The van der Waals surface area contributed by atoms with Crippen molar-refractivity contribution in [3.8, 4) is 0 Å². The quantitative estimate of drug-likeness (QED) is 0.893. The fourth-order valence-electron chi connectivity index (χ4n) is 2.65. The van der Waals surface area contributed by atoms with Gasteiger partial charge in [-0.1, -0.05) is 13.8 Å². The molecule has 1 atom stereocenters. The first-order valence-electron chi connectivity index (χ1n) is 6.95. The Balaban J connectivity index is 2.04. The summed E-state index contributed by atoms with van der Waals surface area (Å²) in [5.74, 6) is 3.50. The molecule has 0 saturated carbocycles. The Hall–Kier alpha value is -1.32. The second-order valence-electron chi connectivity index (χ2n) is 5.43. The van der Waals surface area contributed by atoms with Crippen LogP contribution < -0.4 is 10.2 Å². The standard InChI is InChI=1S/C14H24N4/c1-11(2)12-5-4-7-18(8-6-12)14-10-16-9-13(15-3)17-14/h9-12H,4-8H2,1-3H3,(H,15,17). The van der Waals surface area contributed by atoms with Gasteiger partial charge >= 0.3 is 0 Å². The zero-order chi connectivity index (χ0) is 13.0. The Bertz CT molecular complexity index is 378. The summed E-state index contributed by atoms with van der Waals surface area (Å²) in [6, 6.07) is 0. The molecule has 1 aliphatic rings. The Morgan fingerprint density at radius 2 is 2.11 bits per heavy atom. The molecule has 2 heterocycles. The van der Waals surface area contributed by atoms with Gasteiger partial charge in [0.2, 0.25) is 0 Å². The minimum absolute atomic E-state index is 0.791. The molecule has 2 rings (SSSR count). The molecule has 1 aromatic heterocycles. The van der Waals surface area contributed by atoms with Crippen molar-refractivity contribution in [2.75, 3.05) is 30.4 Å². The van der Waals surface area contributed by atoms with Crippen LogP contribution in [0.15, 0.2) is 12.4 Å². The van der Waals surface area contributed by atoms with Crippen molar-refractivity contribution >= 4 is 11.6 Å². The molecule has 0 aromatic carbocycles. The van der Waals surface area contributed by atoms with E-state index in [2.05, 4.69) is 34.0 Å². The van der Waals surface area contributed by atoms with Crippen LogP contribution in [0, 0.1) is 11.8 Å². The topological polar surface area (TPSA) is 41.1 Å². The number of hydrogen-bond acceptors (Lipinski definition) is 4. The molecule has 0 radical (unpaired) electrons. The van der Waals surface area contributed by atoms with Crippen LogP contribution in [0.1, 0.15) is 33.1 Å². The van der Waals surface area contributed by atoms with E-state index < -0.39 is 0 Å². The van der Waals surface area contributed by atoms with E-state index in [1.165, 1.54) is 19.3 Å². The molecule has 1 aromatic rings. The summed E-state index contributed by atoms with van der Waals surface area (Å²) >= 11 is 0. The largest absolute Gasteiger partial charge is 0.372 e. The monoisotopic (exact) mass is 248 g/mol. The smallest absolute Gasteiger partial charge is 0.149 e. The highest BCUT2D eigenvalue weighted by molar-refractivity contribution is 5.43. The molecular formula is C14H24N4. The van der Waals surface area contributed by atoms with Crippen LogP contribution in [0.4, 0.5) is 11.6 Å². The molecule has 1 aliphatic heterocycles. The Kier molecular flexibility index (Phi) is 4.39. The van der Waals surface area contributed by atoms with E-state index in [-0.39, 0.29) is 0 Å². The average molecular weight is 248 g/mol. The Morgan fingerprint density at radius 3 is 2.83 bits per heavy atom. The van der Waals surface area contributed by atoms with Gasteiger partial charge in [0.25, 0.3) is 0 Å². The zero-order valence-electron chi connectivity index (χ0n) is 11.7. The number of aromatic nitrogens is 2. The van der Waals surface area contributed by atoms with Crippen LogP contribution in [0.5, 0.6) is 0 Å². The second-order valence-corrected chi connectivity index (χ2v) is 5.43. The first-order chi connectivity index (χ1) is 8.70. The van der Waals surface area contributed by atoms with Gasteiger partial charge in [-0.15, -0.1) is 0 Å². The normalized spacial score (nSPS) is 20.9. The molecule has 1 fully saturated rings. The minimum Gasteiger partial charge on any atom is -0.372 e. The molecule has 4 nitrogen and oxygen atoms in total. The SMILES string of the molecule is CNc1cncc(N2CCCC(C(C)C)CC2)n1. The lowest BCUT2D eigenvalue weighted by molar-refractivity contribution is 0.351. The maximum atomic E-state index is 4.58. The maximum Gasteiger partial charge on any atom is 0.149 e. The van der Waals surface area contributed by atoms with Crippen LogP contribution in [0.2, 0.25) is 0 Å². The average Bonchev–Trinajstić information content (AvgIpc) is 2.64. The molecule has 0 bridgehead atoms. The van der Waals surface area contributed by atoms with Gasteiger partial charge in [0.05, 0.1) is 12.4 Å². The molecule has 18 heavy (non-hydrogen) atoms. The zero-order valence-corrected chi connectivity index (χ0v) is 11.7. The van der Waals surface area contributed by atoms with Gasteiger partial charge in [-0.05, 0) is 31.1 Å². The molecular weight excluding hydrogens is 224 g/mol. The lowest BCUT2D eigenvalue weighted by Gasteiger charge is -2.22. The van der Waals surface area contributed by atoms with Crippen molar-refractivity contribution < 1.29 is 0 Å².